The summed E-state index contributed by atoms with van der Waals surface area (Å²) in [6.07, 6.45) is 2.09. The Morgan fingerprint density at radius 2 is 1.90 bits per heavy atom. The number of pyridine rings is 1. The fraction of sp³-hybridized carbons (Fsp3) is 0.364. The van der Waals surface area contributed by atoms with Gasteiger partial charge in [-0.1, -0.05) is 30.3 Å². The molecule has 2 aromatic rings. The number of morpholine rings is 1. The minimum atomic E-state index is -0.373. The van der Waals surface area contributed by atoms with Gasteiger partial charge in [-0.3, -0.25) is 14.7 Å². The van der Waals surface area contributed by atoms with Crippen molar-refractivity contribution < 1.29 is 19.1 Å². The Morgan fingerprint density at radius 3 is 2.59 bits per heavy atom. The van der Waals surface area contributed by atoms with Crippen molar-refractivity contribution >= 4 is 11.9 Å². The van der Waals surface area contributed by atoms with Gasteiger partial charge < -0.3 is 9.47 Å². The lowest BCUT2D eigenvalue weighted by atomic mass is 9.81. The lowest BCUT2D eigenvalue weighted by molar-refractivity contribution is -0.0755. The minimum absolute atomic E-state index is 0.0868. The SMILES string of the molecule is N#Cc1ccnc(C(=O)C2CC3COCC(C2)N3C(=O)OCc2ccccc2)c1. The number of hydrogen-bond donors (Lipinski definition) is 0. The van der Waals surface area contributed by atoms with Crippen molar-refractivity contribution in [3.8, 4) is 6.07 Å². The lowest BCUT2D eigenvalue weighted by Crippen LogP contribution is -2.60. The number of ether oxygens (including phenoxy) is 2. The highest BCUT2D eigenvalue weighted by Gasteiger charge is 2.44. The summed E-state index contributed by atoms with van der Waals surface area (Å²) in [5.74, 6) is -0.343. The number of nitriles is 1. The second-order valence-corrected chi connectivity index (χ2v) is 7.37. The van der Waals surface area contributed by atoms with Gasteiger partial charge in [-0.05, 0) is 30.5 Å². The molecule has 1 amide bonds. The summed E-state index contributed by atoms with van der Waals surface area (Å²) in [6.45, 7) is 0.975. The van der Waals surface area contributed by atoms with Gasteiger partial charge in [0.1, 0.15) is 12.3 Å². The van der Waals surface area contributed by atoms with Crippen LogP contribution in [0.2, 0.25) is 0 Å². The zero-order chi connectivity index (χ0) is 20.2. The third-order valence-electron chi connectivity index (χ3n) is 5.45. The summed E-state index contributed by atoms with van der Waals surface area (Å²) in [5, 5.41) is 9.05. The van der Waals surface area contributed by atoms with Crippen LogP contribution in [0, 0.1) is 17.2 Å². The van der Waals surface area contributed by atoms with E-state index in [-0.39, 0.29) is 36.5 Å². The number of nitrogens with zero attached hydrogens (tertiary/aromatic N) is 3. The third kappa shape index (κ3) is 4.13. The average Bonchev–Trinajstić information content (AvgIpc) is 2.76. The molecule has 0 radical (unpaired) electrons. The van der Waals surface area contributed by atoms with Crippen molar-refractivity contribution in [2.75, 3.05) is 13.2 Å². The summed E-state index contributed by atoms with van der Waals surface area (Å²) in [4.78, 5) is 31.5. The molecule has 0 N–H and O–H groups in total. The highest BCUT2D eigenvalue weighted by molar-refractivity contribution is 5.96. The predicted octanol–water partition coefficient (Wildman–Crippen LogP) is 2.95. The van der Waals surface area contributed by atoms with Gasteiger partial charge in [0, 0.05) is 12.1 Å². The van der Waals surface area contributed by atoms with Gasteiger partial charge in [-0.2, -0.15) is 5.26 Å². The molecule has 29 heavy (non-hydrogen) atoms. The van der Waals surface area contributed by atoms with Crippen LogP contribution in [0.15, 0.2) is 48.7 Å². The van der Waals surface area contributed by atoms with E-state index in [1.165, 1.54) is 12.3 Å². The summed E-state index contributed by atoms with van der Waals surface area (Å²) in [7, 11) is 0. The maximum absolute atomic E-state index is 12.9. The number of hydrogen-bond acceptors (Lipinski definition) is 6. The van der Waals surface area contributed by atoms with E-state index in [1.807, 2.05) is 36.4 Å². The molecule has 2 atom stereocenters. The molecule has 148 valence electrons. The highest BCUT2D eigenvalue weighted by atomic mass is 16.6. The molecule has 0 spiro atoms. The second kappa shape index (κ2) is 8.41. The molecule has 7 heteroatoms. The molecule has 2 saturated heterocycles. The molecule has 2 aliphatic rings. The van der Waals surface area contributed by atoms with Crippen molar-refractivity contribution in [2.24, 2.45) is 5.92 Å². The molecule has 0 saturated carbocycles. The number of piperidine rings is 1. The van der Waals surface area contributed by atoms with Gasteiger partial charge in [0.2, 0.25) is 0 Å². The van der Waals surface area contributed by atoms with Crippen molar-refractivity contribution in [3.63, 3.8) is 0 Å². The predicted molar refractivity (Wildman–Crippen MR) is 103 cm³/mol. The number of benzene rings is 1. The van der Waals surface area contributed by atoms with Crippen LogP contribution in [0.1, 0.15) is 34.5 Å². The molecule has 1 aromatic carbocycles. The molecule has 1 aromatic heterocycles. The second-order valence-electron chi connectivity index (χ2n) is 7.37. The molecule has 7 nitrogen and oxygen atoms in total. The monoisotopic (exact) mass is 391 g/mol. The van der Waals surface area contributed by atoms with E-state index in [4.69, 9.17) is 14.7 Å². The first-order valence-electron chi connectivity index (χ1n) is 9.63. The van der Waals surface area contributed by atoms with Gasteiger partial charge in [0.15, 0.2) is 5.78 Å². The van der Waals surface area contributed by atoms with Crippen LogP contribution >= 0.6 is 0 Å². The number of aromatic nitrogens is 1. The quantitative estimate of drug-likeness (QED) is 0.744. The van der Waals surface area contributed by atoms with E-state index in [9.17, 15) is 9.59 Å². The molecule has 2 unspecified atom stereocenters. The fourth-order valence-electron chi connectivity index (χ4n) is 4.07. The van der Waals surface area contributed by atoms with Crippen molar-refractivity contribution in [2.45, 2.75) is 31.5 Å². The molecule has 2 fully saturated rings. The summed E-state index contributed by atoms with van der Waals surface area (Å²) in [6, 6.07) is 14.2. The number of amides is 1. The largest absolute Gasteiger partial charge is 0.445 e. The highest BCUT2D eigenvalue weighted by Crippen LogP contribution is 2.34. The van der Waals surface area contributed by atoms with E-state index >= 15 is 0 Å². The number of fused-ring (bicyclic) bond motifs is 2. The van der Waals surface area contributed by atoms with Gasteiger partial charge in [-0.25, -0.2) is 4.79 Å². The molecule has 2 aliphatic heterocycles. The Balaban J connectivity index is 1.44. The maximum atomic E-state index is 12.9. The number of Topliss-reactive ketones (excluding diaryl/α,β-unsaturated/α-hetero) is 1. The van der Waals surface area contributed by atoms with E-state index in [1.54, 1.807) is 11.0 Å². The van der Waals surface area contributed by atoms with Crippen LogP contribution in [-0.2, 0) is 16.1 Å². The van der Waals surface area contributed by atoms with Crippen LogP contribution in [-0.4, -0.2) is 47.1 Å². The van der Waals surface area contributed by atoms with Crippen LogP contribution in [0.4, 0.5) is 4.79 Å². The van der Waals surface area contributed by atoms with Gasteiger partial charge in [-0.15, -0.1) is 0 Å². The van der Waals surface area contributed by atoms with Crippen LogP contribution in [0.3, 0.4) is 0 Å². The van der Waals surface area contributed by atoms with E-state index in [0.717, 1.165) is 5.56 Å². The fourth-order valence-corrected chi connectivity index (χ4v) is 4.07. The Labute approximate surface area is 168 Å². The van der Waals surface area contributed by atoms with Crippen molar-refractivity contribution in [1.29, 1.82) is 5.26 Å². The molecule has 2 bridgehead atoms. The smallest absolute Gasteiger partial charge is 0.410 e. The van der Waals surface area contributed by atoms with Gasteiger partial charge >= 0.3 is 6.09 Å². The number of rotatable bonds is 4. The number of carbonyl (C=O) groups is 2. The van der Waals surface area contributed by atoms with Crippen LogP contribution in [0.5, 0.6) is 0 Å². The zero-order valence-corrected chi connectivity index (χ0v) is 15.9. The molecule has 0 aliphatic carbocycles. The van der Waals surface area contributed by atoms with Crippen LogP contribution in [0.25, 0.3) is 0 Å². The minimum Gasteiger partial charge on any atom is -0.445 e. The summed E-state index contributed by atoms with van der Waals surface area (Å²) in [5.41, 5.74) is 1.64. The Hall–Kier alpha value is -3.24. The summed E-state index contributed by atoms with van der Waals surface area (Å²) < 4.78 is 11.1. The third-order valence-corrected chi connectivity index (χ3v) is 5.45. The van der Waals surface area contributed by atoms with Crippen molar-refractivity contribution in [1.82, 2.24) is 9.88 Å². The Bertz CT molecular complexity index is 927. The van der Waals surface area contributed by atoms with E-state index in [0.29, 0.717) is 37.3 Å². The summed E-state index contributed by atoms with van der Waals surface area (Å²) >= 11 is 0. The average molecular weight is 391 g/mol. The molecular formula is C22H21N3O4. The first-order valence-corrected chi connectivity index (χ1v) is 9.63. The first kappa shape index (κ1) is 19.1. The first-order chi connectivity index (χ1) is 14.2. The van der Waals surface area contributed by atoms with E-state index in [2.05, 4.69) is 4.98 Å². The normalized spacial score (nSPS) is 23.1. The Morgan fingerprint density at radius 1 is 1.17 bits per heavy atom. The maximum Gasteiger partial charge on any atom is 0.410 e. The Kier molecular flexibility index (Phi) is 5.54. The van der Waals surface area contributed by atoms with Crippen LogP contribution < -0.4 is 0 Å². The molecule has 3 heterocycles. The number of carbonyl (C=O) groups excluding carboxylic acids is 2. The number of ketones is 1. The topological polar surface area (TPSA) is 92.5 Å². The lowest BCUT2D eigenvalue weighted by Gasteiger charge is -2.47. The molecule has 4 rings (SSSR count). The van der Waals surface area contributed by atoms with Gasteiger partial charge in [0.25, 0.3) is 0 Å². The molecular weight excluding hydrogens is 370 g/mol. The zero-order valence-electron chi connectivity index (χ0n) is 15.9. The van der Waals surface area contributed by atoms with Crippen molar-refractivity contribution in [3.05, 3.63) is 65.5 Å². The standard InChI is InChI=1S/C22H21N3O4/c23-11-16-6-7-24-20(8-16)21(26)17-9-18-13-28-14-19(10-17)25(18)22(27)29-12-15-4-2-1-3-5-15/h1-8,17-19H,9-10,12-14H2. The van der Waals surface area contributed by atoms with Gasteiger partial charge in [0.05, 0.1) is 36.9 Å². The van der Waals surface area contributed by atoms with E-state index < -0.39 is 0 Å².